The van der Waals surface area contributed by atoms with Crippen molar-refractivity contribution in [3.8, 4) is 5.69 Å². The minimum atomic E-state index is -0.882. The Morgan fingerprint density at radius 3 is 2.74 bits per heavy atom. The Balaban J connectivity index is 2.12. The van der Waals surface area contributed by atoms with E-state index in [4.69, 9.17) is 5.11 Å². The van der Waals surface area contributed by atoms with Gasteiger partial charge >= 0.3 is 5.97 Å². The molecule has 0 spiro atoms. The molecule has 7 heteroatoms. The van der Waals surface area contributed by atoms with Gasteiger partial charge < -0.3 is 10.4 Å². The Morgan fingerprint density at radius 2 is 2.09 bits per heavy atom. The lowest BCUT2D eigenvalue weighted by Crippen LogP contribution is -2.33. The van der Waals surface area contributed by atoms with E-state index in [1.807, 2.05) is 31.2 Å². The number of aryl methyl sites for hydroxylation is 1. The van der Waals surface area contributed by atoms with E-state index < -0.39 is 5.97 Å². The number of nitrogens with one attached hydrogen (secondary N) is 1. The van der Waals surface area contributed by atoms with Crippen molar-refractivity contribution in [2.75, 3.05) is 0 Å². The first-order valence-corrected chi connectivity index (χ1v) is 7.40. The topological polar surface area (TPSA) is 97.1 Å². The van der Waals surface area contributed by atoms with Crippen molar-refractivity contribution in [3.63, 3.8) is 0 Å². The summed E-state index contributed by atoms with van der Waals surface area (Å²) >= 11 is 0. The maximum absolute atomic E-state index is 12.3. The van der Waals surface area contributed by atoms with Gasteiger partial charge in [0, 0.05) is 12.5 Å². The zero-order chi connectivity index (χ0) is 17.0. The Morgan fingerprint density at radius 1 is 1.35 bits per heavy atom. The normalized spacial score (nSPS) is 12.0. The quantitative estimate of drug-likeness (QED) is 0.848. The van der Waals surface area contributed by atoms with Crippen LogP contribution in [-0.2, 0) is 4.79 Å². The van der Waals surface area contributed by atoms with Crippen molar-refractivity contribution in [2.24, 2.45) is 0 Å². The average Bonchev–Trinajstić information content (AvgIpc) is 2.87. The molecule has 2 rings (SSSR count). The first-order chi connectivity index (χ1) is 10.9. The van der Waals surface area contributed by atoms with Gasteiger partial charge in [0.15, 0.2) is 5.69 Å². The lowest BCUT2D eigenvalue weighted by molar-refractivity contribution is -0.137. The molecule has 122 valence electrons. The van der Waals surface area contributed by atoms with Crippen LogP contribution in [0.5, 0.6) is 0 Å². The number of amides is 1. The van der Waals surface area contributed by atoms with E-state index in [0.717, 1.165) is 11.3 Å². The monoisotopic (exact) mass is 316 g/mol. The molecule has 2 aromatic rings. The number of benzene rings is 1. The van der Waals surface area contributed by atoms with E-state index in [9.17, 15) is 9.59 Å². The number of carboxylic acids is 1. The van der Waals surface area contributed by atoms with Gasteiger partial charge in [0.1, 0.15) is 0 Å². The van der Waals surface area contributed by atoms with E-state index >= 15 is 0 Å². The molecule has 23 heavy (non-hydrogen) atoms. The lowest BCUT2D eigenvalue weighted by atomic mass is 10.1. The van der Waals surface area contributed by atoms with Crippen molar-refractivity contribution in [1.29, 1.82) is 0 Å². The maximum atomic E-state index is 12.3. The van der Waals surface area contributed by atoms with Gasteiger partial charge in [0.2, 0.25) is 0 Å². The second-order valence-electron chi connectivity index (χ2n) is 5.58. The van der Waals surface area contributed by atoms with Gasteiger partial charge in [-0.3, -0.25) is 9.59 Å². The average molecular weight is 316 g/mol. The first kappa shape index (κ1) is 16.7. The number of carbonyl (C=O) groups is 2. The molecule has 1 aromatic heterocycles. The summed E-state index contributed by atoms with van der Waals surface area (Å²) in [7, 11) is 0. The molecule has 2 N–H and O–H groups in total. The van der Waals surface area contributed by atoms with Crippen molar-refractivity contribution in [1.82, 2.24) is 20.3 Å². The van der Waals surface area contributed by atoms with Crippen molar-refractivity contribution >= 4 is 11.9 Å². The third-order valence-corrected chi connectivity index (χ3v) is 3.52. The number of aliphatic carboxylic acids is 1. The predicted octanol–water partition coefficient (Wildman–Crippen LogP) is 1.87. The van der Waals surface area contributed by atoms with Crippen LogP contribution in [0.1, 0.15) is 41.5 Å². The summed E-state index contributed by atoms with van der Waals surface area (Å²) in [5, 5.41) is 19.4. The van der Waals surface area contributed by atoms with Gasteiger partial charge in [-0.2, -0.15) is 0 Å². The van der Waals surface area contributed by atoms with Gasteiger partial charge in [-0.15, -0.1) is 5.10 Å². The molecular weight excluding hydrogens is 296 g/mol. The third-order valence-electron chi connectivity index (χ3n) is 3.52. The van der Waals surface area contributed by atoms with Crippen LogP contribution < -0.4 is 5.32 Å². The van der Waals surface area contributed by atoms with Gasteiger partial charge in [0.25, 0.3) is 5.91 Å². The number of rotatable bonds is 6. The fourth-order valence-electron chi connectivity index (χ4n) is 2.25. The van der Waals surface area contributed by atoms with Crippen molar-refractivity contribution in [3.05, 3.63) is 41.2 Å². The van der Waals surface area contributed by atoms with E-state index in [-0.39, 0.29) is 24.1 Å². The van der Waals surface area contributed by atoms with Gasteiger partial charge in [-0.05, 0) is 44.9 Å². The number of hydrogen-bond donors (Lipinski definition) is 2. The van der Waals surface area contributed by atoms with Gasteiger partial charge in [0.05, 0.1) is 11.4 Å². The highest BCUT2D eigenvalue weighted by atomic mass is 16.4. The fourth-order valence-corrected chi connectivity index (χ4v) is 2.25. The van der Waals surface area contributed by atoms with Crippen LogP contribution in [0.2, 0.25) is 0 Å². The molecule has 7 nitrogen and oxygen atoms in total. The molecule has 1 amide bonds. The summed E-state index contributed by atoms with van der Waals surface area (Å²) in [6.07, 6.45) is 0.378. The van der Waals surface area contributed by atoms with Crippen LogP contribution in [0.4, 0.5) is 0 Å². The summed E-state index contributed by atoms with van der Waals surface area (Å²) < 4.78 is 1.61. The molecule has 0 fully saturated rings. The van der Waals surface area contributed by atoms with Gasteiger partial charge in [-0.1, -0.05) is 17.3 Å². The van der Waals surface area contributed by atoms with E-state index in [1.165, 1.54) is 0 Å². The van der Waals surface area contributed by atoms with Gasteiger partial charge in [-0.25, -0.2) is 4.68 Å². The molecule has 0 aliphatic heterocycles. The standard InChI is InChI=1S/C16H20N4O3/c1-10-5-4-6-13(9-10)20-12(3)15(18-19-20)16(23)17-11(2)7-8-14(21)22/h4-6,9,11H,7-8H2,1-3H3,(H,17,23)(H,21,22). The molecule has 1 heterocycles. The van der Waals surface area contributed by atoms with Crippen LogP contribution in [0.3, 0.4) is 0 Å². The first-order valence-electron chi connectivity index (χ1n) is 7.40. The van der Waals surface area contributed by atoms with E-state index in [1.54, 1.807) is 18.5 Å². The van der Waals surface area contributed by atoms with Crippen molar-refractivity contribution < 1.29 is 14.7 Å². The molecule has 0 aliphatic carbocycles. The lowest BCUT2D eigenvalue weighted by Gasteiger charge is -2.11. The van der Waals surface area contributed by atoms with Crippen LogP contribution in [0, 0.1) is 13.8 Å². The Labute approximate surface area is 134 Å². The summed E-state index contributed by atoms with van der Waals surface area (Å²) in [6.45, 7) is 5.52. The van der Waals surface area contributed by atoms with E-state index in [2.05, 4.69) is 15.6 Å². The minimum Gasteiger partial charge on any atom is -0.481 e. The summed E-state index contributed by atoms with van der Waals surface area (Å²) in [5.41, 5.74) is 2.81. The second-order valence-corrected chi connectivity index (χ2v) is 5.58. The molecule has 0 saturated heterocycles. The number of nitrogens with zero attached hydrogens (tertiary/aromatic N) is 3. The SMILES string of the molecule is Cc1cccc(-n2nnc(C(=O)NC(C)CCC(=O)O)c2C)c1. The molecule has 1 unspecified atom stereocenters. The largest absolute Gasteiger partial charge is 0.481 e. The second kappa shape index (κ2) is 7.04. The highest BCUT2D eigenvalue weighted by molar-refractivity contribution is 5.93. The highest BCUT2D eigenvalue weighted by Crippen LogP contribution is 2.14. The summed E-state index contributed by atoms with van der Waals surface area (Å²) in [6, 6.07) is 7.50. The van der Waals surface area contributed by atoms with Crippen molar-refractivity contribution in [2.45, 2.75) is 39.7 Å². The van der Waals surface area contributed by atoms with E-state index in [0.29, 0.717) is 12.1 Å². The molecule has 0 saturated carbocycles. The molecule has 0 aliphatic rings. The maximum Gasteiger partial charge on any atom is 0.303 e. The van der Waals surface area contributed by atoms with Crippen LogP contribution in [0.25, 0.3) is 5.69 Å². The molecule has 0 bridgehead atoms. The zero-order valence-electron chi connectivity index (χ0n) is 13.4. The number of carbonyl (C=O) groups excluding carboxylic acids is 1. The number of carboxylic acid groups (broad SMARTS) is 1. The van der Waals surface area contributed by atoms with Crippen LogP contribution in [-0.4, -0.2) is 38.0 Å². The minimum absolute atomic E-state index is 0.0103. The molecule has 0 radical (unpaired) electrons. The Bertz CT molecular complexity index is 724. The number of hydrogen-bond acceptors (Lipinski definition) is 4. The highest BCUT2D eigenvalue weighted by Gasteiger charge is 2.19. The van der Waals surface area contributed by atoms with Crippen LogP contribution in [0.15, 0.2) is 24.3 Å². The number of aromatic nitrogens is 3. The smallest absolute Gasteiger partial charge is 0.303 e. The third kappa shape index (κ3) is 4.15. The zero-order valence-corrected chi connectivity index (χ0v) is 13.4. The molecular formula is C16H20N4O3. The molecule has 1 aromatic carbocycles. The van der Waals surface area contributed by atoms with Crippen LogP contribution >= 0.6 is 0 Å². The summed E-state index contributed by atoms with van der Waals surface area (Å²) in [4.78, 5) is 22.8. The fraction of sp³-hybridized carbons (Fsp3) is 0.375. The Hall–Kier alpha value is -2.70. The molecule has 1 atom stereocenters. The summed E-state index contributed by atoms with van der Waals surface area (Å²) in [5.74, 6) is -1.23. The Kier molecular flexibility index (Phi) is 5.10. The predicted molar refractivity (Wildman–Crippen MR) is 84.6 cm³/mol.